The summed E-state index contributed by atoms with van der Waals surface area (Å²) in [6, 6.07) is 111. The molecule has 23 rings (SSSR count). The van der Waals surface area contributed by atoms with Gasteiger partial charge in [-0.2, -0.15) is 0 Å². The summed E-state index contributed by atoms with van der Waals surface area (Å²) in [7, 11) is 0. The fourth-order valence-corrected chi connectivity index (χ4v) is 19.4. The van der Waals surface area contributed by atoms with E-state index in [9.17, 15) is 12.3 Å². The second-order valence-corrected chi connectivity index (χ2v) is 34.1. The molecule has 0 spiro atoms. The molecule has 0 aliphatic carbocycles. The molecular weight excluding hydrogens is 1450 g/mol. The van der Waals surface area contributed by atoms with Crippen LogP contribution in [0.15, 0.2) is 400 Å². The Hall–Kier alpha value is -14.6. The molecule has 0 atom stereocenters. The highest BCUT2D eigenvalue weighted by Gasteiger charge is 2.47. The van der Waals surface area contributed by atoms with Gasteiger partial charge in [0.1, 0.15) is 0 Å². The molecule has 0 radical (unpaired) electrons. The Kier molecular flexibility index (Phi) is 13.6. The van der Waals surface area contributed by atoms with Crippen LogP contribution in [0.3, 0.4) is 0 Å². The maximum Gasteiger partial charge on any atom is 0.252 e. The van der Waals surface area contributed by atoms with Gasteiger partial charge in [0, 0.05) is 61.5 Å². The zero-order valence-corrected chi connectivity index (χ0v) is 67.1. The van der Waals surface area contributed by atoms with Gasteiger partial charge >= 0.3 is 0 Å². The number of hydrogen-bond donors (Lipinski definition) is 0. The Morgan fingerprint density at radius 2 is 0.700 bits per heavy atom. The Labute approximate surface area is 717 Å². The molecule has 0 bridgehead atoms. The molecule has 566 valence electrons. The van der Waals surface area contributed by atoms with Crippen LogP contribution in [-0.2, 0) is 10.8 Å². The van der Waals surface area contributed by atoms with E-state index >= 15 is 0 Å². The predicted octanol–water partition coefficient (Wildman–Crippen LogP) is 30.0. The minimum atomic E-state index is -0.701. The van der Waals surface area contributed by atoms with Gasteiger partial charge in [-0.05, 0) is 243 Å². The molecule has 21 aromatic rings. The average molecular weight is 1540 g/mol. The van der Waals surface area contributed by atoms with Gasteiger partial charge in [-0.25, -0.2) is 0 Å². The van der Waals surface area contributed by atoms with Crippen molar-refractivity contribution < 1.29 is 16.4 Å². The van der Waals surface area contributed by atoms with Crippen LogP contribution in [0.4, 0.5) is 34.1 Å². The van der Waals surface area contributed by atoms with Gasteiger partial charge in [-0.1, -0.05) is 357 Å². The number of anilines is 6. The molecule has 1 aromatic heterocycles. The highest BCUT2D eigenvalue weighted by atomic mass is 15.2. The summed E-state index contributed by atoms with van der Waals surface area (Å²) in [5, 5.41) is 13.2. The van der Waals surface area contributed by atoms with Crippen LogP contribution < -0.4 is 26.2 Å². The molecule has 20 aromatic carbocycles. The maximum atomic E-state index is 10.5. The first kappa shape index (κ1) is 59.1. The molecule has 2 aliphatic rings. The Morgan fingerprint density at radius 1 is 0.250 bits per heavy atom. The lowest BCUT2D eigenvalue weighted by Gasteiger charge is -2.46. The number of fused-ring (bicyclic) bond motifs is 16. The van der Waals surface area contributed by atoms with E-state index in [-0.39, 0.29) is 75.2 Å². The highest BCUT2D eigenvalue weighted by Crippen LogP contribution is 2.57. The van der Waals surface area contributed by atoms with Gasteiger partial charge in [0.05, 0.1) is 38.9 Å². The van der Waals surface area contributed by atoms with Crippen molar-refractivity contribution in [2.45, 2.75) is 52.4 Å². The normalized spacial score (nSPS) is 14.1. The number of hydrogen-bond acceptors (Lipinski definition) is 2. The standard InChI is InChI=1S/C116H84BN3/c1-115(2,3)83-68-98(75-36-14-9-15-37-75)114(103(69-83)101-66-82-40-18-21-45-88(82)91-48-24-27-51-94(91)101)120-109-72-85(118-106-55-29-28-52-95(106)102-63-78(56-60-107(102)118)74-34-12-8-13-35-74)58-59-104(109)117-105-67-79(77-42-30-41-76(62-77)73-32-10-7-11-33-73)57-61-108(105)119(110-70-84(116(4,5)6)71-111(120)112(110)117)113-96(99-64-80-38-16-19-43-86(80)89-46-22-25-49-92(89)99)53-31-54-97(113)100-65-81-39-17-20-44-87(81)90-47-23-26-50-93(90)100/h7-72H,1-6H3/i7D,10D,11D,28D,29D,32D,33D,52D,55D,56D,60D,63D. The third-order valence-corrected chi connectivity index (χ3v) is 25.1. The lowest BCUT2D eigenvalue weighted by molar-refractivity contribution is 0.590. The zero-order chi connectivity index (χ0) is 90.7. The molecule has 3 nitrogen and oxygen atoms in total. The second kappa shape index (κ2) is 27.5. The van der Waals surface area contributed by atoms with Gasteiger partial charge in [-0.15, -0.1) is 0 Å². The van der Waals surface area contributed by atoms with Crippen LogP contribution in [-0.4, -0.2) is 11.3 Å². The molecular formula is C116H84BN3. The lowest BCUT2D eigenvalue weighted by Crippen LogP contribution is -2.61. The minimum Gasteiger partial charge on any atom is -0.310 e. The monoisotopic (exact) mass is 1540 g/mol. The lowest BCUT2D eigenvalue weighted by atomic mass is 9.33. The Bertz CT molecular complexity index is 8440. The fraction of sp³-hybridized carbons (Fsp3) is 0.0690. The van der Waals surface area contributed by atoms with E-state index < -0.39 is 47.8 Å². The van der Waals surface area contributed by atoms with Gasteiger partial charge in [0.2, 0.25) is 0 Å². The summed E-state index contributed by atoms with van der Waals surface area (Å²) in [6.07, 6.45) is 0. The highest BCUT2D eigenvalue weighted by molar-refractivity contribution is 7.00. The summed E-state index contributed by atoms with van der Waals surface area (Å²) in [5.74, 6) is 0. The first-order valence-electron chi connectivity index (χ1n) is 47.2. The van der Waals surface area contributed by atoms with Gasteiger partial charge < -0.3 is 14.4 Å². The zero-order valence-electron chi connectivity index (χ0n) is 79.1. The topological polar surface area (TPSA) is 11.4 Å². The van der Waals surface area contributed by atoms with E-state index in [0.29, 0.717) is 22.5 Å². The number of para-hydroxylation sites is 2. The van der Waals surface area contributed by atoms with Crippen molar-refractivity contribution in [1.29, 1.82) is 0 Å². The van der Waals surface area contributed by atoms with E-state index in [1.165, 1.54) is 0 Å². The van der Waals surface area contributed by atoms with Crippen LogP contribution in [0.5, 0.6) is 0 Å². The largest absolute Gasteiger partial charge is 0.310 e. The van der Waals surface area contributed by atoms with Crippen molar-refractivity contribution in [3.8, 4) is 83.6 Å². The molecule has 0 amide bonds. The number of benzene rings is 20. The van der Waals surface area contributed by atoms with Crippen molar-refractivity contribution in [3.05, 3.63) is 411 Å². The smallest absolute Gasteiger partial charge is 0.252 e. The Morgan fingerprint density at radius 3 is 1.28 bits per heavy atom. The molecule has 0 saturated carbocycles. The number of rotatable bonds is 10. The van der Waals surface area contributed by atoms with Crippen molar-refractivity contribution >= 4 is 144 Å². The van der Waals surface area contributed by atoms with Crippen LogP contribution >= 0.6 is 0 Å². The predicted molar refractivity (Wildman–Crippen MR) is 515 cm³/mol. The maximum absolute atomic E-state index is 10.5. The first-order valence-corrected chi connectivity index (χ1v) is 41.2. The van der Waals surface area contributed by atoms with Crippen molar-refractivity contribution in [1.82, 2.24) is 4.57 Å². The first-order chi connectivity index (χ1) is 63.8. The van der Waals surface area contributed by atoms with Gasteiger partial charge in [0.25, 0.3) is 6.71 Å². The molecule has 0 N–H and O–H groups in total. The fourth-order valence-electron chi connectivity index (χ4n) is 19.4. The molecule has 120 heavy (non-hydrogen) atoms. The van der Waals surface area contributed by atoms with E-state index in [0.717, 1.165) is 176 Å². The van der Waals surface area contributed by atoms with Crippen molar-refractivity contribution in [2.75, 3.05) is 9.80 Å². The van der Waals surface area contributed by atoms with Crippen LogP contribution in [0, 0.1) is 0 Å². The summed E-state index contributed by atoms with van der Waals surface area (Å²) in [4.78, 5) is 5.04. The number of aromatic nitrogens is 1. The summed E-state index contributed by atoms with van der Waals surface area (Å²) >= 11 is 0. The quantitative estimate of drug-likeness (QED) is 0.0999. The SMILES string of the molecule is [2H]c1c([2H])c([2H])c(-c2cccc(-c3ccc4c(c3)B3c5ccc(-n6c7c([2H])c([2H])c([2H])c([2H])c7c7c([2H])c(-c8ccccc8)c([2H])c([2H])c76)cc5N(c5c(-c6ccccc6)cc(C(C)(C)C)cc5-c5cc6ccccc6c6ccccc56)c5cc(C(C)(C)C)cc(c53)N4c3c(-c4cc5ccccc5c5ccccc45)cccc3-c3cc4ccccc4c4ccccc34)c2)c([2H])c1[2H]. The van der Waals surface area contributed by atoms with E-state index in [2.05, 4.69) is 318 Å². The van der Waals surface area contributed by atoms with Crippen LogP contribution in [0.25, 0.3) is 170 Å². The molecule has 4 heteroatoms. The van der Waals surface area contributed by atoms with E-state index in [1.807, 2.05) is 42.5 Å². The third kappa shape index (κ3) is 11.3. The van der Waals surface area contributed by atoms with Gasteiger partial charge in [0.15, 0.2) is 0 Å². The minimum absolute atomic E-state index is 0.0486. The number of nitrogens with zero attached hydrogens (tertiary/aromatic N) is 3. The molecule has 0 saturated heterocycles. The van der Waals surface area contributed by atoms with Crippen LogP contribution in [0.1, 0.15) is 69.1 Å². The Balaban J connectivity index is 0.926. The van der Waals surface area contributed by atoms with Crippen molar-refractivity contribution in [2.24, 2.45) is 0 Å². The van der Waals surface area contributed by atoms with Crippen LogP contribution in [0.2, 0.25) is 0 Å². The van der Waals surface area contributed by atoms with E-state index in [4.69, 9.17) is 4.11 Å². The summed E-state index contributed by atoms with van der Waals surface area (Å²) in [5.41, 5.74) is 19.7. The summed E-state index contributed by atoms with van der Waals surface area (Å²) in [6.45, 7) is 12.9. The van der Waals surface area contributed by atoms with E-state index in [1.54, 1.807) is 22.8 Å². The second-order valence-electron chi connectivity index (χ2n) is 34.1. The summed E-state index contributed by atoms with van der Waals surface area (Å²) < 4.78 is 118. The molecule has 3 heterocycles. The molecule has 0 unspecified atom stereocenters. The van der Waals surface area contributed by atoms with Gasteiger partial charge in [-0.3, -0.25) is 0 Å². The molecule has 0 fully saturated rings. The molecule has 2 aliphatic heterocycles. The van der Waals surface area contributed by atoms with Crippen molar-refractivity contribution in [3.63, 3.8) is 0 Å². The average Bonchev–Trinajstić information content (AvgIpc) is 0.899. The third-order valence-electron chi connectivity index (χ3n) is 25.1.